The summed E-state index contributed by atoms with van der Waals surface area (Å²) in [5, 5.41) is 23.1. The van der Waals surface area contributed by atoms with Gasteiger partial charge in [-0.05, 0) is 0 Å². The van der Waals surface area contributed by atoms with Crippen molar-refractivity contribution >= 4 is 11.7 Å². The van der Waals surface area contributed by atoms with Crippen LogP contribution in [-0.2, 0) is 6.18 Å². The van der Waals surface area contributed by atoms with Crippen molar-refractivity contribution in [3.05, 3.63) is 46.0 Å². The van der Waals surface area contributed by atoms with Gasteiger partial charge in [0, 0.05) is 12.3 Å². The van der Waals surface area contributed by atoms with Gasteiger partial charge in [0.05, 0.1) is 16.7 Å². The Labute approximate surface area is 113 Å². The van der Waals surface area contributed by atoms with Gasteiger partial charge in [0.1, 0.15) is 17.6 Å². The van der Waals surface area contributed by atoms with Crippen molar-refractivity contribution < 1.29 is 28.0 Å². The molecule has 110 valence electrons. The number of halogens is 3. The number of aromatic nitrogens is 3. The Morgan fingerprint density at radius 2 is 2.05 bits per heavy atom. The first-order valence-corrected chi connectivity index (χ1v) is 5.20. The van der Waals surface area contributed by atoms with Gasteiger partial charge in [0.2, 0.25) is 0 Å². The Hall–Kier alpha value is -2.98. The molecule has 1 N–H and O–H groups in total. The fraction of sp³-hybridized carbons (Fsp3) is 0.100. The number of carbonyl (C=O) groups is 1. The molecule has 0 aliphatic carbocycles. The van der Waals surface area contributed by atoms with Gasteiger partial charge in [0.15, 0.2) is 0 Å². The summed E-state index contributed by atoms with van der Waals surface area (Å²) in [6.07, 6.45) is -2.63. The van der Waals surface area contributed by atoms with Crippen molar-refractivity contribution in [2.75, 3.05) is 0 Å². The number of carboxylic acid groups (broad SMARTS) is 1. The summed E-state index contributed by atoms with van der Waals surface area (Å²) >= 11 is 0. The van der Waals surface area contributed by atoms with Gasteiger partial charge in [-0.1, -0.05) is 0 Å². The molecule has 0 amide bonds. The summed E-state index contributed by atoms with van der Waals surface area (Å²) in [5.41, 5.74) is -2.94. The Kier molecular flexibility index (Phi) is 3.33. The molecule has 0 aromatic carbocycles. The van der Waals surface area contributed by atoms with E-state index in [1.807, 2.05) is 0 Å². The maximum atomic E-state index is 12.6. The van der Waals surface area contributed by atoms with E-state index in [1.165, 1.54) is 0 Å². The zero-order chi connectivity index (χ0) is 15.8. The highest BCUT2D eigenvalue weighted by Gasteiger charge is 2.34. The lowest BCUT2D eigenvalue weighted by Crippen LogP contribution is -2.11. The van der Waals surface area contributed by atoms with Crippen LogP contribution in [0.3, 0.4) is 0 Å². The molecule has 0 aliphatic heterocycles. The van der Waals surface area contributed by atoms with Gasteiger partial charge in [-0.25, -0.2) is 14.5 Å². The number of alkyl halides is 3. The van der Waals surface area contributed by atoms with E-state index in [2.05, 4.69) is 10.1 Å². The first-order chi connectivity index (χ1) is 9.70. The quantitative estimate of drug-likeness (QED) is 0.684. The number of carboxylic acids is 1. The van der Waals surface area contributed by atoms with Crippen LogP contribution in [-0.4, -0.2) is 30.8 Å². The second-order valence-corrected chi connectivity index (χ2v) is 3.79. The molecule has 0 unspecified atom stereocenters. The molecule has 0 spiro atoms. The van der Waals surface area contributed by atoms with Gasteiger partial charge in [0.25, 0.3) is 0 Å². The van der Waals surface area contributed by atoms with E-state index in [9.17, 15) is 28.1 Å². The average molecular weight is 302 g/mol. The van der Waals surface area contributed by atoms with Gasteiger partial charge in [-0.2, -0.15) is 18.3 Å². The molecule has 2 rings (SSSR count). The summed E-state index contributed by atoms with van der Waals surface area (Å²) in [6.45, 7) is 0. The van der Waals surface area contributed by atoms with Gasteiger partial charge >= 0.3 is 17.8 Å². The summed E-state index contributed by atoms with van der Waals surface area (Å²) in [6, 6.07) is 0.427. The summed E-state index contributed by atoms with van der Waals surface area (Å²) < 4.78 is 38.5. The third-order valence-corrected chi connectivity index (χ3v) is 2.43. The predicted molar refractivity (Wildman–Crippen MR) is 60.0 cm³/mol. The van der Waals surface area contributed by atoms with Crippen LogP contribution in [0.4, 0.5) is 18.9 Å². The zero-order valence-corrected chi connectivity index (χ0v) is 9.90. The molecular formula is C10H5F3N4O4. The van der Waals surface area contributed by atoms with Crippen molar-refractivity contribution in [2.45, 2.75) is 6.18 Å². The Balaban J connectivity index is 2.62. The third kappa shape index (κ3) is 2.80. The highest BCUT2D eigenvalue weighted by molar-refractivity contribution is 5.87. The number of hydrogen-bond acceptors (Lipinski definition) is 5. The van der Waals surface area contributed by atoms with E-state index in [1.54, 1.807) is 0 Å². The van der Waals surface area contributed by atoms with Crippen LogP contribution in [0.2, 0.25) is 0 Å². The number of hydrogen-bond donors (Lipinski definition) is 1. The first-order valence-electron chi connectivity index (χ1n) is 5.20. The van der Waals surface area contributed by atoms with Crippen molar-refractivity contribution in [3.8, 4) is 5.69 Å². The van der Waals surface area contributed by atoms with E-state index < -0.39 is 34.1 Å². The minimum atomic E-state index is -4.80. The molecule has 0 aliphatic rings. The fourth-order valence-electron chi connectivity index (χ4n) is 1.48. The monoisotopic (exact) mass is 302 g/mol. The minimum Gasteiger partial charge on any atom is -0.478 e. The second kappa shape index (κ2) is 4.85. The first kappa shape index (κ1) is 14.4. The van der Waals surface area contributed by atoms with Crippen LogP contribution < -0.4 is 0 Å². The third-order valence-electron chi connectivity index (χ3n) is 2.43. The summed E-state index contributed by atoms with van der Waals surface area (Å²) in [4.78, 5) is 23.6. The fourth-order valence-corrected chi connectivity index (χ4v) is 1.48. The normalized spacial score (nSPS) is 11.4. The highest BCUT2D eigenvalue weighted by Crippen LogP contribution is 2.31. The van der Waals surface area contributed by atoms with Gasteiger partial charge in [-0.15, -0.1) is 0 Å². The van der Waals surface area contributed by atoms with E-state index in [-0.39, 0.29) is 5.56 Å². The van der Waals surface area contributed by atoms with Crippen LogP contribution in [0.15, 0.2) is 24.7 Å². The molecule has 2 aromatic rings. The van der Waals surface area contributed by atoms with Crippen LogP contribution in [0.5, 0.6) is 0 Å². The summed E-state index contributed by atoms with van der Waals surface area (Å²) in [7, 11) is 0. The molecule has 0 fully saturated rings. The van der Waals surface area contributed by atoms with Crippen LogP contribution in [0, 0.1) is 10.1 Å². The summed E-state index contributed by atoms with van der Waals surface area (Å²) in [5.74, 6) is -1.37. The van der Waals surface area contributed by atoms with E-state index >= 15 is 0 Å². The Bertz CT molecular complexity index is 725. The molecule has 2 heterocycles. The molecule has 0 saturated carbocycles. The number of nitro groups is 1. The molecule has 21 heavy (non-hydrogen) atoms. The molecule has 0 atom stereocenters. The van der Waals surface area contributed by atoms with Crippen LogP contribution in [0.25, 0.3) is 5.69 Å². The maximum Gasteiger partial charge on any atom is 0.433 e. The lowest BCUT2D eigenvalue weighted by molar-refractivity contribution is -0.385. The molecule has 2 aromatic heterocycles. The standard InChI is InChI=1S/C10H5F3N4O4/c11-10(12,13)8-1-6(7(3-14-8)17(20)21)16-4-5(2-15-16)9(18)19/h1-4H,(H,18,19). The number of nitrogens with zero attached hydrogens (tertiary/aromatic N) is 4. The van der Waals surface area contributed by atoms with Crippen LogP contribution >= 0.6 is 0 Å². The smallest absolute Gasteiger partial charge is 0.433 e. The van der Waals surface area contributed by atoms with Crippen molar-refractivity contribution in [3.63, 3.8) is 0 Å². The molecule has 8 nitrogen and oxygen atoms in total. The molecule has 0 bridgehead atoms. The van der Waals surface area contributed by atoms with Crippen molar-refractivity contribution in [2.24, 2.45) is 0 Å². The maximum absolute atomic E-state index is 12.6. The van der Waals surface area contributed by atoms with Crippen molar-refractivity contribution in [1.82, 2.24) is 14.8 Å². The van der Waals surface area contributed by atoms with Crippen LogP contribution in [0.1, 0.15) is 16.1 Å². The topological polar surface area (TPSA) is 111 Å². The van der Waals surface area contributed by atoms with E-state index in [0.29, 0.717) is 16.9 Å². The molecule has 0 radical (unpaired) electrons. The predicted octanol–water partition coefficient (Wildman–Crippen LogP) is 1.89. The number of pyridine rings is 1. The average Bonchev–Trinajstić information content (AvgIpc) is 2.86. The van der Waals surface area contributed by atoms with E-state index in [4.69, 9.17) is 5.11 Å². The lowest BCUT2D eigenvalue weighted by atomic mass is 10.2. The van der Waals surface area contributed by atoms with Gasteiger partial charge < -0.3 is 5.11 Å². The minimum absolute atomic E-state index is 0.324. The van der Waals surface area contributed by atoms with Crippen molar-refractivity contribution in [1.29, 1.82) is 0 Å². The molecule has 11 heteroatoms. The molecule has 0 saturated heterocycles. The lowest BCUT2D eigenvalue weighted by Gasteiger charge is -2.08. The second-order valence-electron chi connectivity index (χ2n) is 3.79. The zero-order valence-electron chi connectivity index (χ0n) is 9.90. The van der Waals surface area contributed by atoms with Gasteiger partial charge in [-0.3, -0.25) is 10.1 Å². The number of rotatable bonds is 3. The number of aromatic carboxylic acids is 1. The SMILES string of the molecule is O=C(O)c1cnn(-c2cc(C(F)(F)F)ncc2[N+](=O)[O-])c1. The Morgan fingerprint density at radius 3 is 2.52 bits per heavy atom. The highest BCUT2D eigenvalue weighted by atomic mass is 19.4. The molecular weight excluding hydrogens is 297 g/mol. The van der Waals surface area contributed by atoms with E-state index in [0.717, 1.165) is 12.4 Å². The Morgan fingerprint density at radius 1 is 1.38 bits per heavy atom. The largest absolute Gasteiger partial charge is 0.478 e.